The molecule has 1 unspecified atom stereocenters. The average Bonchev–Trinajstić information content (AvgIpc) is 2.80. The van der Waals surface area contributed by atoms with Gasteiger partial charge in [-0.05, 0) is 43.1 Å². The molecule has 0 radical (unpaired) electrons. The van der Waals surface area contributed by atoms with Gasteiger partial charge >= 0.3 is 0 Å². The molecule has 1 aliphatic heterocycles. The van der Waals surface area contributed by atoms with Crippen molar-refractivity contribution in [3.63, 3.8) is 0 Å². The Kier molecular flexibility index (Phi) is 7.10. The van der Waals surface area contributed by atoms with Crippen molar-refractivity contribution in [3.05, 3.63) is 33.8 Å². The molecule has 0 saturated carbocycles. The number of carbonyl (C=O) groups is 1. The van der Waals surface area contributed by atoms with Crippen molar-refractivity contribution in [1.82, 2.24) is 10.2 Å². The van der Waals surface area contributed by atoms with Crippen LogP contribution < -0.4 is 5.32 Å². The summed E-state index contributed by atoms with van der Waals surface area (Å²) in [6.45, 7) is 1.55. The van der Waals surface area contributed by atoms with Gasteiger partial charge in [-0.2, -0.15) is 0 Å². The van der Waals surface area contributed by atoms with Crippen LogP contribution in [0.15, 0.2) is 18.2 Å². The third-order valence-corrected chi connectivity index (χ3v) is 3.79. The second-order valence-corrected chi connectivity index (χ2v) is 5.90. The molecule has 1 saturated heterocycles. The predicted octanol–water partition coefficient (Wildman–Crippen LogP) is 3.52. The van der Waals surface area contributed by atoms with E-state index in [1.165, 1.54) is 0 Å². The molecule has 6 heteroatoms. The van der Waals surface area contributed by atoms with Gasteiger partial charge in [0.15, 0.2) is 0 Å². The van der Waals surface area contributed by atoms with E-state index >= 15 is 0 Å². The Balaban J connectivity index is 0.00000200. The van der Waals surface area contributed by atoms with Crippen LogP contribution in [0.4, 0.5) is 0 Å². The first kappa shape index (κ1) is 17.6. The van der Waals surface area contributed by atoms with Crippen LogP contribution in [-0.2, 0) is 11.3 Å². The van der Waals surface area contributed by atoms with Crippen LogP contribution in [0.3, 0.4) is 0 Å². The summed E-state index contributed by atoms with van der Waals surface area (Å²) in [5, 5.41) is 4.53. The number of amides is 1. The Hall–Kier alpha value is -0.480. The van der Waals surface area contributed by atoms with Crippen LogP contribution >= 0.6 is 35.6 Å². The fourth-order valence-corrected chi connectivity index (χ4v) is 2.93. The van der Waals surface area contributed by atoms with E-state index in [2.05, 4.69) is 5.32 Å². The Morgan fingerprint density at radius 3 is 2.55 bits per heavy atom. The van der Waals surface area contributed by atoms with E-state index in [4.69, 9.17) is 23.2 Å². The minimum atomic E-state index is 0. The zero-order valence-corrected chi connectivity index (χ0v) is 13.7. The van der Waals surface area contributed by atoms with Crippen molar-refractivity contribution in [2.75, 3.05) is 13.6 Å². The summed E-state index contributed by atoms with van der Waals surface area (Å²) in [5.41, 5.74) is 0.952. The lowest BCUT2D eigenvalue weighted by Crippen LogP contribution is -2.33. The molecule has 1 amide bonds. The molecule has 1 fully saturated rings. The monoisotopic (exact) mass is 336 g/mol. The molecule has 1 N–H and O–H groups in total. The summed E-state index contributed by atoms with van der Waals surface area (Å²) >= 11 is 11.9. The van der Waals surface area contributed by atoms with Crippen LogP contribution in [0.25, 0.3) is 0 Å². The minimum absolute atomic E-state index is 0. The lowest BCUT2D eigenvalue weighted by Gasteiger charge is -2.20. The van der Waals surface area contributed by atoms with Crippen LogP contribution in [0, 0.1) is 0 Å². The standard InChI is InChI=1S/C14H18Cl2N2O.ClH/c1-18(14(19)8-13-3-2-4-17-13)9-10-5-11(15)7-12(16)6-10;/h5-7,13,17H,2-4,8-9H2,1H3;1H. The number of benzene rings is 1. The number of nitrogens with one attached hydrogen (secondary N) is 1. The predicted molar refractivity (Wildman–Crippen MR) is 85.8 cm³/mol. The van der Waals surface area contributed by atoms with Crippen LogP contribution in [-0.4, -0.2) is 30.4 Å². The van der Waals surface area contributed by atoms with Gasteiger partial charge in [0.05, 0.1) is 0 Å². The first-order chi connectivity index (χ1) is 9.04. The van der Waals surface area contributed by atoms with Crippen LogP contribution in [0.5, 0.6) is 0 Å². The summed E-state index contributed by atoms with van der Waals surface area (Å²) in [4.78, 5) is 13.8. The summed E-state index contributed by atoms with van der Waals surface area (Å²) in [6, 6.07) is 5.70. The highest BCUT2D eigenvalue weighted by molar-refractivity contribution is 6.34. The number of hydrogen-bond donors (Lipinski definition) is 1. The van der Waals surface area contributed by atoms with E-state index in [0.717, 1.165) is 24.9 Å². The van der Waals surface area contributed by atoms with E-state index in [0.29, 0.717) is 29.1 Å². The van der Waals surface area contributed by atoms with E-state index in [1.807, 2.05) is 19.2 Å². The molecule has 0 aliphatic carbocycles. The first-order valence-electron chi connectivity index (χ1n) is 6.47. The Labute approximate surface area is 136 Å². The lowest BCUT2D eigenvalue weighted by atomic mass is 10.1. The maximum Gasteiger partial charge on any atom is 0.224 e. The van der Waals surface area contributed by atoms with Crippen LogP contribution in [0.2, 0.25) is 10.0 Å². The molecule has 3 nitrogen and oxygen atoms in total. The second-order valence-electron chi connectivity index (χ2n) is 5.02. The Morgan fingerprint density at radius 2 is 2.00 bits per heavy atom. The van der Waals surface area contributed by atoms with Gasteiger partial charge in [-0.1, -0.05) is 23.2 Å². The quantitative estimate of drug-likeness (QED) is 0.912. The minimum Gasteiger partial charge on any atom is -0.341 e. The molecular weight excluding hydrogens is 319 g/mol. The summed E-state index contributed by atoms with van der Waals surface area (Å²) < 4.78 is 0. The fourth-order valence-electron chi connectivity index (χ4n) is 2.36. The van der Waals surface area contributed by atoms with Crippen molar-refractivity contribution in [2.24, 2.45) is 0 Å². The van der Waals surface area contributed by atoms with E-state index < -0.39 is 0 Å². The largest absolute Gasteiger partial charge is 0.341 e. The average molecular weight is 338 g/mol. The normalized spacial score (nSPS) is 17.6. The van der Waals surface area contributed by atoms with Gasteiger partial charge < -0.3 is 10.2 Å². The highest BCUT2D eigenvalue weighted by Crippen LogP contribution is 2.20. The zero-order valence-electron chi connectivity index (χ0n) is 11.4. The number of carbonyl (C=O) groups excluding carboxylic acids is 1. The fraction of sp³-hybridized carbons (Fsp3) is 0.500. The van der Waals surface area contributed by atoms with E-state index in [9.17, 15) is 4.79 Å². The van der Waals surface area contributed by atoms with E-state index in [-0.39, 0.29) is 18.3 Å². The maximum atomic E-state index is 12.1. The van der Waals surface area contributed by atoms with Crippen molar-refractivity contribution < 1.29 is 4.79 Å². The van der Waals surface area contributed by atoms with Crippen molar-refractivity contribution in [3.8, 4) is 0 Å². The van der Waals surface area contributed by atoms with Crippen molar-refractivity contribution >= 4 is 41.5 Å². The SMILES string of the molecule is CN(Cc1cc(Cl)cc(Cl)c1)C(=O)CC1CCCN1.Cl. The molecule has 1 atom stereocenters. The lowest BCUT2D eigenvalue weighted by molar-refractivity contribution is -0.130. The molecule has 1 aromatic rings. The molecule has 0 bridgehead atoms. The second kappa shape index (κ2) is 8.08. The Morgan fingerprint density at radius 1 is 1.35 bits per heavy atom. The molecule has 1 heterocycles. The number of nitrogens with zero attached hydrogens (tertiary/aromatic N) is 1. The third-order valence-electron chi connectivity index (χ3n) is 3.35. The third kappa shape index (κ3) is 5.13. The highest BCUT2D eigenvalue weighted by Gasteiger charge is 2.19. The van der Waals surface area contributed by atoms with Gasteiger partial charge in [0.1, 0.15) is 0 Å². The first-order valence-corrected chi connectivity index (χ1v) is 7.22. The smallest absolute Gasteiger partial charge is 0.224 e. The molecule has 20 heavy (non-hydrogen) atoms. The van der Waals surface area contributed by atoms with Crippen LogP contribution in [0.1, 0.15) is 24.8 Å². The van der Waals surface area contributed by atoms with Gasteiger partial charge in [0, 0.05) is 36.1 Å². The highest BCUT2D eigenvalue weighted by atomic mass is 35.5. The topological polar surface area (TPSA) is 32.3 Å². The van der Waals surface area contributed by atoms with Gasteiger partial charge in [0.2, 0.25) is 5.91 Å². The summed E-state index contributed by atoms with van der Waals surface area (Å²) in [6.07, 6.45) is 2.80. The molecule has 2 rings (SSSR count). The molecule has 1 aliphatic rings. The zero-order chi connectivity index (χ0) is 13.8. The van der Waals surface area contributed by atoms with Crippen molar-refractivity contribution in [1.29, 1.82) is 0 Å². The summed E-state index contributed by atoms with van der Waals surface area (Å²) in [7, 11) is 1.81. The molecule has 0 spiro atoms. The van der Waals surface area contributed by atoms with Gasteiger partial charge in [-0.15, -0.1) is 12.4 Å². The van der Waals surface area contributed by atoms with Gasteiger partial charge in [0.25, 0.3) is 0 Å². The summed E-state index contributed by atoms with van der Waals surface area (Å²) in [5.74, 6) is 0.149. The molecule has 112 valence electrons. The van der Waals surface area contributed by atoms with Gasteiger partial charge in [-0.3, -0.25) is 4.79 Å². The van der Waals surface area contributed by atoms with Crippen molar-refractivity contribution in [2.45, 2.75) is 31.8 Å². The number of hydrogen-bond acceptors (Lipinski definition) is 2. The number of halogens is 3. The molecule has 0 aromatic heterocycles. The van der Waals surface area contributed by atoms with Gasteiger partial charge in [-0.25, -0.2) is 0 Å². The maximum absolute atomic E-state index is 12.1. The molecular formula is C14H19Cl3N2O. The molecule has 1 aromatic carbocycles. The number of rotatable bonds is 4. The Bertz CT molecular complexity index is 441. The van der Waals surface area contributed by atoms with E-state index in [1.54, 1.807) is 11.0 Å².